The number of carbonyl (C=O) groups is 1. The molecule has 0 radical (unpaired) electrons. The third-order valence-electron chi connectivity index (χ3n) is 5.84. The van der Waals surface area contributed by atoms with Crippen LogP contribution >= 0.6 is 0 Å². The lowest BCUT2D eigenvalue weighted by molar-refractivity contribution is -0.137. The van der Waals surface area contributed by atoms with E-state index in [2.05, 4.69) is 34.9 Å². The van der Waals surface area contributed by atoms with Crippen LogP contribution in [0.5, 0.6) is 5.75 Å². The van der Waals surface area contributed by atoms with Crippen LogP contribution in [0.1, 0.15) is 54.9 Å². The van der Waals surface area contributed by atoms with Gasteiger partial charge in [-0.3, -0.25) is 9.69 Å². The highest BCUT2D eigenvalue weighted by Gasteiger charge is 2.48. The van der Waals surface area contributed by atoms with Gasteiger partial charge in [0, 0.05) is 36.1 Å². The number of nitrogens with zero attached hydrogens (tertiary/aromatic N) is 1. The van der Waals surface area contributed by atoms with Crippen LogP contribution in [0.2, 0.25) is 0 Å². The predicted molar refractivity (Wildman–Crippen MR) is 113 cm³/mol. The molecule has 0 unspecified atom stereocenters. The number of hydrogen-bond acceptors (Lipinski definition) is 3. The molecule has 2 aromatic rings. The predicted octanol–water partition coefficient (Wildman–Crippen LogP) is 4.20. The molecule has 2 aromatic carbocycles. The van der Waals surface area contributed by atoms with E-state index < -0.39 is 5.97 Å². The van der Waals surface area contributed by atoms with Gasteiger partial charge in [-0.1, -0.05) is 17.9 Å². The monoisotopic (exact) mass is 389 g/mol. The van der Waals surface area contributed by atoms with Gasteiger partial charge in [-0.25, -0.2) is 0 Å². The molecule has 1 aliphatic carbocycles. The van der Waals surface area contributed by atoms with E-state index in [1.165, 1.54) is 24.0 Å². The van der Waals surface area contributed by atoms with Crippen LogP contribution in [0.25, 0.3) is 0 Å². The van der Waals surface area contributed by atoms with Crippen molar-refractivity contribution in [3.05, 3.63) is 64.7 Å². The van der Waals surface area contributed by atoms with E-state index in [0.717, 1.165) is 36.5 Å². The molecule has 1 saturated carbocycles. The molecule has 1 aliphatic heterocycles. The minimum Gasteiger partial charge on any atom is -0.494 e. The summed E-state index contributed by atoms with van der Waals surface area (Å²) in [5, 5.41) is 8.88. The molecule has 0 amide bonds. The minimum atomic E-state index is -0.709. The number of hydrogen-bond donors (Lipinski definition) is 1. The van der Waals surface area contributed by atoms with Gasteiger partial charge in [-0.05, 0) is 80.3 Å². The van der Waals surface area contributed by atoms with Crippen LogP contribution < -0.4 is 4.74 Å². The van der Waals surface area contributed by atoms with Crippen molar-refractivity contribution >= 4 is 5.97 Å². The quantitative estimate of drug-likeness (QED) is 0.753. The first-order chi connectivity index (χ1) is 14.1. The van der Waals surface area contributed by atoms with Crippen molar-refractivity contribution < 1.29 is 14.6 Å². The van der Waals surface area contributed by atoms with Gasteiger partial charge in [0.1, 0.15) is 5.75 Å². The SMILES string of the molecule is CCOc1ccc(C#Cc2ccc3c(c2)C2(CC2)CN(CCCC(=O)O)C3)cc1. The number of fused-ring (bicyclic) bond motifs is 2. The zero-order valence-corrected chi connectivity index (χ0v) is 16.9. The maximum absolute atomic E-state index is 10.8. The lowest BCUT2D eigenvalue weighted by atomic mass is 9.85. The fourth-order valence-electron chi connectivity index (χ4n) is 4.23. The lowest BCUT2D eigenvalue weighted by Gasteiger charge is -2.35. The molecule has 0 atom stereocenters. The Balaban J connectivity index is 1.48. The van der Waals surface area contributed by atoms with Crippen LogP contribution in [-0.2, 0) is 16.8 Å². The van der Waals surface area contributed by atoms with Crippen molar-refractivity contribution in [3.8, 4) is 17.6 Å². The van der Waals surface area contributed by atoms with Crippen molar-refractivity contribution in [1.82, 2.24) is 4.90 Å². The Bertz CT molecular complexity index is 948. The topological polar surface area (TPSA) is 49.8 Å². The highest BCUT2D eigenvalue weighted by Crippen LogP contribution is 2.52. The van der Waals surface area contributed by atoms with Gasteiger partial charge in [0.25, 0.3) is 0 Å². The van der Waals surface area contributed by atoms with E-state index in [1.54, 1.807) is 0 Å². The molecule has 0 bridgehead atoms. The third-order valence-corrected chi connectivity index (χ3v) is 5.84. The normalized spacial score (nSPS) is 16.6. The number of benzene rings is 2. The molecule has 4 rings (SSSR count). The molecule has 0 aromatic heterocycles. The first kappa shape index (κ1) is 19.5. The number of aliphatic carboxylic acids is 1. The second-order valence-electron chi connectivity index (χ2n) is 8.07. The maximum atomic E-state index is 10.8. The standard InChI is InChI=1S/C25H27NO3/c1-2-29-22-11-8-19(9-12-22)5-6-20-7-10-21-17-26(15-3-4-24(27)28)18-25(13-14-25)23(21)16-20/h7-12,16H,2-4,13-15,17-18H2,1H3,(H,27,28). The summed E-state index contributed by atoms with van der Waals surface area (Å²) >= 11 is 0. The summed E-state index contributed by atoms with van der Waals surface area (Å²) in [6.45, 7) is 5.44. The summed E-state index contributed by atoms with van der Waals surface area (Å²) in [4.78, 5) is 13.2. The van der Waals surface area contributed by atoms with Crippen molar-refractivity contribution in [2.45, 2.75) is 44.6 Å². The Hall–Kier alpha value is -2.77. The van der Waals surface area contributed by atoms with Crippen molar-refractivity contribution in [2.24, 2.45) is 0 Å². The number of ether oxygens (including phenoxy) is 1. The summed E-state index contributed by atoms with van der Waals surface area (Å²) in [7, 11) is 0. The first-order valence-corrected chi connectivity index (χ1v) is 10.4. The van der Waals surface area contributed by atoms with Crippen molar-refractivity contribution in [3.63, 3.8) is 0 Å². The molecular weight excluding hydrogens is 362 g/mol. The Labute approximate surface area is 172 Å². The molecule has 150 valence electrons. The van der Waals surface area contributed by atoms with Crippen molar-refractivity contribution in [1.29, 1.82) is 0 Å². The Kier molecular flexibility index (Phi) is 5.60. The van der Waals surface area contributed by atoms with Gasteiger partial charge in [-0.15, -0.1) is 0 Å². The number of carboxylic acid groups (broad SMARTS) is 1. The summed E-state index contributed by atoms with van der Waals surface area (Å²) in [5.74, 6) is 6.74. The zero-order valence-electron chi connectivity index (χ0n) is 16.9. The molecule has 0 saturated heterocycles. The van der Waals surface area contributed by atoms with Crippen LogP contribution in [0.15, 0.2) is 42.5 Å². The van der Waals surface area contributed by atoms with E-state index >= 15 is 0 Å². The molecule has 2 aliphatic rings. The molecule has 1 N–H and O–H groups in total. The van der Waals surface area contributed by atoms with Gasteiger partial charge >= 0.3 is 5.97 Å². The van der Waals surface area contributed by atoms with Gasteiger partial charge < -0.3 is 9.84 Å². The molecule has 4 heteroatoms. The molecule has 1 heterocycles. The smallest absolute Gasteiger partial charge is 0.303 e. The van der Waals surface area contributed by atoms with E-state index in [4.69, 9.17) is 9.84 Å². The first-order valence-electron chi connectivity index (χ1n) is 10.4. The Morgan fingerprint density at radius 2 is 1.86 bits per heavy atom. The van der Waals surface area contributed by atoms with Crippen LogP contribution in [0.3, 0.4) is 0 Å². The van der Waals surface area contributed by atoms with E-state index in [1.807, 2.05) is 31.2 Å². The average Bonchev–Trinajstić information content (AvgIpc) is 3.47. The summed E-state index contributed by atoms with van der Waals surface area (Å²) < 4.78 is 5.48. The van der Waals surface area contributed by atoms with Gasteiger partial charge in [-0.2, -0.15) is 0 Å². The van der Waals surface area contributed by atoms with E-state index in [-0.39, 0.29) is 11.8 Å². The highest BCUT2D eigenvalue weighted by molar-refractivity contribution is 5.66. The summed E-state index contributed by atoms with van der Waals surface area (Å²) in [6, 6.07) is 14.5. The molecule has 1 spiro atoms. The lowest BCUT2D eigenvalue weighted by Crippen LogP contribution is -2.38. The maximum Gasteiger partial charge on any atom is 0.303 e. The average molecular weight is 389 g/mol. The highest BCUT2D eigenvalue weighted by atomic mass is 16.5. The fraction of sp³-hybridized carbons (Fsp3) is 0.400. The van der Waals surface area contributed by atoms with Crippen molar-refractivity contribution in [2.75, 3.05) is 19.7 Å². The summed E-state index contributed by atoms with van der Waals surface area (Å²) in [5.41, 5.74) is 5.12. The van der Waals surface area contributed by atoms with Gasteiger partial charge in [0.05, 0.1) is 6.61 Å². The molecule has 29 heavy (non-hydrogen) atoms. The minimum absolute atomic E-state index is 0.246. The second-order valence-corrected chi connectivity index (χ2v) is 8.07. The summed E-state index contributed by atoms with van der Waals surface area (Å²) in [6.07, 6.45) is 3.39. The van der Waals surface area contributed by atoms with E-state index in [9.17, 15) is 4.79 Å². The largest absolute Gasteiger partial charge is 0.494 e. The second kappa shape index (κ2) is 8.31. The van der Waals surface area contributed by atoms with Gasteiger partial charge in [0.15, 0.2) is 0 Å². The molecule has 1 fully saturated rings. The number of carboxylic acids is 1. The molecular formula is C25H27NO3. The van der Waals surface area contributed by atoms with Crippen LogP contribution in [0.4, 0.5) is 0 Å². The third kappa shape index (κ3) is 4.63. The van der Waals surface area contributed by atoms with Gasteiger partial charge in [0.2, 0.25) is 0 Å². The zero-order chi connectivity index (χ0) is 20.3. The fourth-order valence-corrected chi connectivity index (χ4v) is 4.23. The van der Waals surface area contributed by atoms with Crippen LogP contribution in [0, 0.1) is 11.8 Å². The molecule has 4 nitrogen and oxygen atoms in total. The number of rotatable bonds is 6. The Morgan fingerprint density at radius 3 is 2.55 bits per heavy atom. The van der Waals surface area contributed by atoms with Crippen LogP contribution in [-0.4, -0.2) is 35.7 Å². The Morgan fingerprint density at radius 1 is 1.14 bits per heavy atom. The van der Waals surface area contributed by atoms with E-state index in [0.29, 0.717) is 13.0 Å².